The maximum atomic E-state index is 12.5. The number of methoxy groups -OCH3 is 1. The van der Waals surface area contributed by atoms with Crippen LogP contribution in [0, 0.1) is 0 Å². The van der Waals surface area contributed by atoms with Crippen molar-refractivity contribution in [1.29, 1.82) is 0 Å². The van der Waals surface area contributed by atoms with Crippen molar-refractivity contribution in [3.05, 3.63) is 60.2 Å². The number of amides is 1. The standard InChI is InChI=1S/C19H23N5O2/c1-4-10-23-18(8-9-20-23)19(25)22-14(2)15-12-21-24(13-15)16-6-5-7-17(11-16)26-3/h5-9,11-14H,4,10H2,1-3H3,(H,22,25)/t14-/m0/s1. The summed E-state index contributed by atoms with van der Waals surface area (Å²) in [4.78, 5) is 12.5. The minimum atomic E-state index is -0.174. The van der Waals surface area contributed by atoms with E-state index in [9.17, 15) is 4.79 Å². The van der Waals surface area contributed by atoms with Crippen molar-refractivity contribution in [1.82, 2.24) is 24.9 Å². The summed E-state index contributed by atoms with van der Waals surface area (Å²) in [7, 11) is 1.63. The Morgan fingerprint density at radius 2 is 2.15 bits per heavy atom. The van der Waals surface area contributed by atoms with Crippen molar-refractivity contribution in [3.63, 3.8) is 0 Å². The molecule has 0 bridgehead atoms. The van der Waals surface area contributed by atoms with Crippen LogP contribution < -0.4 is 10.1 Å². The molecule has 0 fully saturated rings. The van der Waals surface area contributed by atoms with Crippen LogP contribution in [0.15, 0.2) is 48.9 Å². The Morgan fingerprint density at radius 1 is 1.31 bits per heavy atom. The van der Waals surface area contributed by atoms with E-state index in [4.69, 9.17) is 4.74 Å². The molecule has 136 valence electrons. The van der Waals surface area contributed by atoms with Gasteiger partial charge in [0.05, 0.1) is 25.0 Å². The lowest BCUT2D eigenvalue weighted by atomic mass is 10.2. The lowest BCUT2D eigenvalue weighted by Crippen LogP contribution is -2.28. The first-order valence-electron chi connectivity index (χ1n) is 8.64. The molecule has 26 heavy (non-hydrogen) atoms. The van der Waals surface area contributed by atoms with Gasteiger partial charge in [-0.15, -0.1) is 0 Å². The number of aryl methyl sites for hydroxylation is 1. The van der Waals surface area contributed by atoms with E-state index in [0.29, 0.717) is 5.69 Å². The lowest BCUT2D eigenvalue weighted by molar-refractivity contribution is 0.0928. The average molecular weight is 353 g/mol. The Morgan fingerprint density at radius 3 is 2.92 bits per heavy atom. The van der Waals surface area contributed by atoms with Crippen LogP contribution in [-0.4, -0.2) is 32.6 Å². The van der Waals surface area contributed by atoms with Crippen LogP contribution in [0.3, 0.4) is 0 Å². The molecule has 0 saturated heterocycles. The zero-order valence-electron chi connectivity index (χ0n) is 15.2. The molecule has 0 saturated carbocycles. The first kappa shape index (κ1) is 17.7. The van der Waals surface area contributed by atoms with Gasteiger partial charge in [-0.2, -0.15) is 10.2 Å². The summed E-state index contributed by atoms with van der Waals surface area (Å²) in [5, 5.41) is 11.6. The number of benzene rings is 1. The van der Waals surface area contributed by atoms with E-state index in [1.54, 1.807) is 34.9 Å². The number of rotatable bonds is 7. The molecule has 1 atom stereocenters. The summed E-state index contributed by atoms with van der Waals surface area (Å²) >= 11 is 0. The summed E-state index contributed by atoms with van der Waals surface area (Å²) in [5.41, 5.74) is 2.39. The number of hydrogen-bond acceptors (Lipinski definition) is 4. The van der Waals surface area contributed by atoms with Crippen molar-refractivity contribution in [2.75, 3.05) is 7.11 Å². The summed E-state index contributed by atoms with van der Waals surface area (Å²) < 4.78 is 8.74. The molecule has 0 spiro atoms. The third-order valence-corrected chi connectivity index (χ3v) is 4.15. The van der Waals surface area contributed by atoms with E-state index in [1.165, 1.54) is 0 Å². The van der Waals surface area contributed by atoms with Crippen LogP contribution in [0.5, 0.6) is 5.75 Å². The third-order valence-electron chi connectivity index (χ3n) is 4.15. The van der Waals surface area contributed by atoms with Gasteiger partial charge < -0.3 is 10.1 Å². The molecule has 1 amide bonds. The SMILES string of the molecule is CCCn1nccc1C(=O)N[C@@H](C)c1cnn(-c2cccc(OC)c2)c1. The molecule has 2 heterocycles. The second-order valence-electron chi connectivity index (χ2n) is 6.05. The molecule has 2 aromatic heterocycles. The monoisotopic (exact) mass is 353 g/mol. The van der Waals surface area contributed by atoms with Crippen molar-refractivity contribution >= 4 is 5.91 Å². The average Bonchev–Trinajstić information content (AvgIpc) is 3.31. The number of nitrogens with one attached hydrogen (secondary N) is 1. The highest BCUT2D eigenvalue weighted by molar-refractivity contribution is 5.92. The van der Waals surface area contributed by atoms with Gasteiger partial charge in [0.2, 0.25) is 0 Å². The normalized spacial score (nSPS) is 12.0. The number of nitrogens with zero attached hydrogens (tertiary/aromatic N) is 4. The zero-order valence-corrected chi connectivity index (χ0v) is 15.2. The van der Waals surface area contributed by atoms with E-state index < -0.39 is 0 Å². The van der Waals surface area contributed by atoms with Crippen LogP contribution in [0.4, 0.5) is 0 Å². The van der Waals surface area contributed by atoms with E-state index in [-0.39, 0.29) is 11.9 Å². The number of carbonyl (C=O) groups is 1. The first-order valence-corrected chi connectivity index (χ1v) is 8.64. The summed E-state index contributed by atoms with van der Waals surface area (Å²) in [6.07, 6.45) is 6.23. The smallest absolute Gasteiger partial charge is 0.270 e. The number of hydrogen-bond donors (Lipinski definition) is 1. The van der Waals surface area contributed by atoms with Gasteiger partial charge in [-0.25, -0.2) is 4.68 Å². The van der Waals surface area contributed by atoms with E-state index in [0.717, 1.165) is 30.0 Å². The second kappa shape index (κ2) is 7.86. The Hall–Kier alpha value is -3.09. The number of carbonyl (C=O) groups excluding carboxylic acids is 1. The highest BCUT2D eigenvalue weighted by atomic mass is 16.5. The molecule has 0 unspecified atom stereocenters. The van der Waals surface area contributed by atoms with Crippen LogP contribution in [-0.2, 0) is 6.54 Å². The van der Waals surface area contributed by atoms with Gasteiger partial charge in [0.25, 0.3) is 5.91 Å². The fraction of sp³-hybridized carbons (Fsp3) is 0.316. The molecule has 0 aliphatic rings. The topological polar surface area (TPSA) is 74.0 Å². The van der Waals surface area contributed by atoms with Crippen LogP contribution in [0.25, 0.3) is 5.69 Å². The van der Waals surface area contributed by atoms with E-state index in [2.05, 4.69) is 22.4 Å². The van der Waals surface area contributed by atoms with Crippen LogP contribution >= 0.6 is 0 Å². The van der Waals surface area contributed by atoms with Gasteiger partial charge >= 0.3 is 0 Å². The Kier molecular flexibility index (Phi) is 5.36. The first-order chi connectivity index (χ1) is 12.6. The molecular formula is C19H23N5O2. The Bertz CT molecular complexity index is 883. The largest absolute Gasteiger partial charge is 0.497 e. The van der Waals surface area contributed by atoms with Crippen LogP contribution in [0.2, 0.25) is 0 Å². The van der Waals surface area contributed by atoms with Gasteiger partial charge in [-0.05, 0) is 31.5 Å². The second-order valence-corrected chi connectivity index (χ2v) is 6.05. The highest BCUT2D eigenvalue weighted by Gasteiger charge is 2.16. The zero-order chi connectivity index (χ0) is 18.5. The van der Waals surface area contributed by atoms with Crippen molar-refractivity contribution < 1.29 is 9.53 Å². The van der Waals surface area contributed by atoms with Gasteiger partial charge in [-0.1, -0.05) is 13.0 Å². The molecule has 0 radical (unpaired) electrons. The van der Waals surface area contributed by atoms with Gasteiger partial charge in [0.1, 0.15) is 11.4 Å². The predicted octanol–water partition coefficient (Wildman–Crippen LogP) is 2.98. The predicted molar refractivity (Wildman–Crippen MR) is 98.5 cm³/mol. The van der Waals surface area contributed by atoms with Gasteiger partial charge in [-0.3, -0.25) is 9.48 Å². The van der Waals surface area contributed by atoms with Gasteiger partial charge in [0.15, 0.2) is 0 Å². The quantitative estimate of drug-likeness (QED) is 0.709. The maximum Gasteiger partial charge on any atom is 0.270 e. The minimum Gasteiger partial charge on any atom is -0.497 e. The van der Waals surface area contributed by atoms with Gasteiger partial charge in [0, 0.05) is 30.6 Å². The maximum absolute atomic E-state index is 12.5. The molecule has 7 nitrogen and oxygen atoms in total. The highest BCUT2D eigenvalue weighted by Crippen LogP contribution is 2.18. The molecule has 3 aromatic rings. The van der Waals surface area contributed by atoms with Crippen molar-refractivity contribution in [2.24, 2.45) is 0 Å². The molecule has 3 rings (SSSR count). The molecule has 0 aliphatic carbocycles. The van der Waals surface area contributed by atoms with E-state index in [1.807, 2.05) is 37.4 Å². The summed E-state index contributed by atoms with van der Waals surface area (Å²) in [6, 6.07) is 9.21. The molecule has 7 heteroatoms. The Balaban J connectivity index is 1.72. The molecular weight excluding hydrogens is 330 g/mol. The third kappa shape index (κ3) is 3.77. The molecule has 1 aromatic carbocycles. The summed E-state index contributed by atoms with van der Waals surface area (Å²) in [5.74, 6) is 0.627. The molecule has 0 aliphatic heterocycles. The summed E-state index contributed by atoms with van der Waals surface area (Å²) in [6.45, 7) is 4.71. The fourth-order valence-electron chi connectivity index (χ4n) is 2.72. The minimum absolute atomic E-state index is 0.141. The lowest BCUT2D eigenvalue weighted by Gasteiger charge is -2.13. The number of aromatic nitrogens is 4. The van der Waals surface area contributed by atoms with Crippen molar-refractivity contribution in [3.8, 4) is 11.4 Å². The van der Waals surface area contributed by atoms with Crippen molar-refractivity contribution in [2.45, 2.75) is 32.9 Å². The van der Waals surface area contributed by atoms with Crippen LogP contribution in [0.1, 0.15) is 42.4 Å². The molecule has 1 N–H and O–H groups in total. The fourth-order valence-corrected chi connectivity index (χ4v) is 2.72. The Labute approximate surface area is 152 Å². The van der Waals surface area contributed by atoms with E-state index >= 15 is 0 Å². The number of ether oxygens (including phenoxy) is 1.